The molecule has 2 rings (SSSR count). The minimum Gasteiger partial charge on any atom is -0.370 e. The Hall–Kier alpha value is -0.650. The summed E-state index contributed by atoms with van der Waals surface area (Å²) < 4.78 is 5.15. The summed E-state index contributed by atoms with van der Waals surface area (Å²) in [5.74, 6) is 0.684. The quantitative estimate of drug-likeness (QED) is 0.765. The summed E-state index contributed by atoms with van der Waals surface area (Å²) in [4.78, 5) is 16.6. The highest BCUT2D eigenvalue weighted by Gasteiger charge is 2.37. The lowest BCUT2D eigenvalue weighted by Crippen LogP contribution is -2.56. The fourth-order valence-electron chi connectivity index (χ4n) is 3.35. The van der Waals surface area contributed by atoms with Crippen LogP contribution < -0.4 is 5.73 Å². The van der Waals surface area contributed by atoms with E-state index in [4.69, 9.17) is 10.5 Å². The first-order chi connectivity index (χ1) is 8.67. The number of fused-ring (bicyclic) bond motifs is 1. The van der Waals surface area contributed by atoms with E-state index < -0.39 is 6.10 Å². The highest BCUT2D eigenvalue weighted by atomic mass is 16.5. The number of carbonyl (C=O) groups excluding carboxylic acids is 1. The molecule has 0 aromatic rings. The molecule has 5 heteroatoms. The van der Waals surface area contributed by atoms with Crippen molar-refractivity contribution in [1.29, 1.82) is 0 Å². The Bertz CT molecular complexity index is 294. The molecule has 2 heterocycles. The van der Waals surface area contributed by atoms with Crippen LogP contribution in [0.25, 0.3) is 0 Å². The van der Waals surface area contributed by atoms with E-state index >= 15 is 0 Å². The van der Waals surface area contributed by atoms with Crippen LogP contribution in [0.1, 0.15) is 19.3 Å². The Morgan fingerprint density at radius 3 is 2.89 bits per heavy atom. The van der Waals surface area contributed by atoms with Crippen LogP contribution in [0, 0.1) is 5.92 Å². The number of methoxy groups -OCH3 is 1. The number of carbonyl (C=O) groups is 1. The Morgan fingerprint density at radius 2 is 2.22 bits per heavy atom. The molecule has 0 saturated carbocycles. The van der Waals surface area contributed by atoms with Gasteiger partial charge >= 0.3 is 0 Å². The van der Waals surface area contributed by atoms with Crippen molar-refractivity contribution in [3.63, 3.8) is 0 Å². The van der Waals surface area contributed by atoms with Crippen LogP contribution in [0.2, 0.25) is 0 Å². The van der Waals surface area contributed by atoms with E-state index in [2.05, 4.69) is 11.9 Å². The number of rotatable bonds is 3. The molecule has 0 aromatic carbocycles. The zero-order valence-electron chi connectivity index (χ0n) is 11.5. The van der Waals surface area contributed by atoms with E-state index in [-0.39, 0.29) is 12.5 Å². The van der Waals surface area contributed by atoms with Crippen molar-refractivity contribution in [2.75, 3.05) is 40.3 Å². The molecule has 2 fully saturated rings. The lowest BCUT2D eigenvalue weighted by Gasteiger charge is -2.46. The van der Waals surface area contributed by atoms with Gasteiger partial charge in [0.1, 0.15) is 6.10 Å². The topological polar surface area (TPSA) is 58.8 Å². The number of amides is 1. The van der Waals surface area contributed by atoms with Gasteiger partial charge in [0.2, 0.25) is 0 Å². The molecule has 0 aliphatic carbocycles. The first-order valence-electron chi connectivity index (χ1n) is 6.89. The number of hydrogen-bond acceptors (Lipinski definition) is 4. The molecule has 0 bridgehead atoms. The van der Waals surface area contributed by atoms with Crippen molar-refractivity contribution < 1.29 is 9.53 Å². The minimum atomic E-state index is -0.470. The molecule has 0 radical (unpaired) electrons. The predicted octanol–water partition coefficient (Wildman–Crippen LogP) is -0.0972. The maximum atomic E-state index is 12.2. The average molecular weight is 255 g/mol. The van der Waals surface area contributed by atoms with Crippen molar-refractivity contribution >= 4 is 5.91 Å². The van der Waals surface area contributed by atoms with Gasteiger partial charge in [-0.3, -0.25) is 4.79 Å². The largest absolute Gasteiger partial charge is 0.370 e. The summed E-state index contributed by atoms with van der Waals surface area (Å²) >= 11 is 0. The van der Waals surface area contributed by atoms with Crippen LogP contribution in [-0.2, 0) is 9.53 Å². The highest BCUT2D eigenvalue weighted by molar-refractivity contribution is 5.81. The van der Waals surface area contributed by atoms with Crippen molar-refractivity contribution in [2.24, 2.45) is 11.7 Å². The second-order valence-electron chi connectivity index (χ2n) is 5.48. The maximum absolute atomic E-state index is 12.2. The molecule has 3 atom stereocenters. The predicted molar refractivity (Wildman–Crippen MR) is 70.2 cm³/mol. The van der Waals surface area contributed by atoms with Crippen LogP contribution in [0.3, 0.4) is 0 Å². The summed E-state index contributed by atoms with van der Waals surface area (Å²) in [7, 11) is 3.75. The van der Waals surface area contributed by atoms with E-state index in [1.54, 1.807) is 7.11 Å². The summed E-state index contributed by atoms with van der Waals surface area (Å²) in [5.41, 5.74) is 5.56. The van der Waals surface area contributed by atoms with Gasteiger partial charge in [0, 0.05) is 32.8 Å². The van der Waals surface area contributed by atoms with E-state index in [1.165, 1.54) is 19.4 Å². The van der Waals surface area contributed by atoms with Crippen molar-refractivity contribution in [3.05, 3.63) is 0 Å². The average Bonchev–Trinajstić information content (AvgIpc) is 2.40. The normalized spacial score (nSPS) is 30.9. The van der Waals surface area contributed by atoms with E-state index in [9.17, 15) is 4.79 Å². The van der Waals surface area contributed by atoms with Crippen LogP contribution in [0.4, 0.5) is 0 Å². The number of nitrogens with zero attached hydrogens (tertiary/aromatic N) is 2. The molecule has 0 spiro atoms. The molecule has 2 N–H and O–H groups in total. The minimum absolute atomic E-state index is 0.0617. The second-order valence-corrected chi connectivity index (χ2v) is 5.48. The summed E-state index contributed by atoms with van der Waals surface area (Å²) in [6.45, 7) is 3.16. The third kappa shape index (κ3) is 2.68. The van der Waals surface area contributed by atoms with Gasteiger partial charge in [-0.15, -0.1) is 0 Å². The lowest BCUT2D eigenvalue weighted by molar-refractivity contribution is -0.144. The summed E-state index contributed by atoms with van der Waals surface area (Å²) in [5, 5.41) is 0. The van der Waals surface area contributed by atoms with Gasteiger partial charge in [-0.05, 0) is 38.8 Å². The Morgan fingerprint density at radius 1 is 1.44 bits per heavy atom. The number of hydrogen-bond donors (Lipinski definition) is 1. The molecule has 104 valence electrons. The summed E-state index contributed by atoms with van der Waals surface area (Å²) in [6.07, 6.45) is 3.08. The number of ether oxygens (including phenoxy) is 1. The monoisotopic (exact) mass is 255 g/mol. The lowest BCUT2D eigenvalue weighted by atomic mass is 9.84. The molecule has 2 aliphatic heterocycles. The van der Waals surface area contributed by atoms with E-state index in [0.29, 0.717) is 12.0 Å². The maximum Gasteiger partial charge on any atom is 0.253 e. The zero-order valence-corrected chi connectivity index (χ0v) is 11.5. The van der Waals surface area contributed by atoms with Crippen LogP contribution >= 0.6 is 0 Å². The molecule has 3 unspecified atom stereocenters. The first kappa shape index (κ1) is 13.8. The van der Waals surface area contributed by atoms with E-state index in [0.717, 1.165) is 19.5 Å². The van der Waals surface area contributed by atoms with Crippen molar-refractivity contribution in [3.8, 4) is 0 Å². The van der Waals surface area contributed by atoms with Crippen LogP contribution in [-0.4, -0.2) is 68.2 Å². The molecule has 0 aromatic heterocycles. The molecular formula is C13H25N3O2. The molecule has 2 saturated heterocycles. The SMILES string of the molecule is COC(CN)C(=O)N1CCC2C(CCCN2C)C1. The fourth-order valence-corrected chi connectivity index (χ4v) is 3.35. The van der Waals surface area contributed by atoms with Gasteiger partial charge in [-0.25, -0.2) is 0 Å². The number of piperidine rings is 2. The van der Waals surface area contributed by atoms with Crippen molar-refractivity contribution in [1.82, 2.24) is 9.80 Å². The molecule has 5 nitrogen and oxygen atoms in total. The van der Waals surface area contributed by atoms with Crippen molar-refractivity contribution in [2.45, 2.75) is 31.4 Å². The summed E-state index contributed by atoms with van der Waals surface area (Å²) in [6, 6.07) is 0.654. The van der Waals surface area contributed by atoms with Gasteiger partial charge < -0.3 is 20.3 Å². The van der Waals surface area contributed by atoms with Crippen LogP contribution in [0.5, 0.6) is 0 Å². The fraction of sp³-hybridized carbons (Fsp3) is 0.923. The highest BCUT2D eigenvalue weighted by Crippen LogP contribution is 2.29. The molecule has 18 heavy (non-hydrogen) atoms. The Balaban J connectivity index is 1.96. The van der Waals surface area contributed by atoms with Gasteiger partial charge in [0.15, 0.2) is 0 Å². The van der Waals surface area contributed by atoms with Gasteiger partial charge in [0.05, 0.1) is 0 Å². The Kier molecular flexibility index (Phi) is 4.59. The first-order valence-corrected chi connectivity index (χ1v) is 6.89. The molecular weight excluding hydrogens is 230 g/mol. The second kappa shape index (κ2) is 5.99. The third-order valence-electron chi connectivity index (χ3n) is 4.43. The van der Waals surface area contributed by atoms with Crippen LogP contribution in [0.15, 0.2) is 0 Å². The van der Waals surface area contributed by atoms with E-state index in [1.807, 2.05) is 4.90 Å². The zero-order chi connectivity index (χ0) is 13.1. The standard InChI is InChI=1S/C13H25N3O2/c1-15-6-3-4-10-9-16(7-5-11(10)15)13(17)12(8-14)18-2/h10-12H,3-9,14H2,1-2H3. The molecule has 2 aliphatic rings. The Labute approximate surface area is 109 Å². The third-order valence-corrected chi connectivity index (χ3v) is 4.43. The molecule has 1 amide bonds. The smallest absolute Gasteiger partial charge is 0.253 e. The van der Waals surface area contributed by atoms with Gasteiger partial charge in [-0.2, -0.15) is 0 Å². The number of likely N-dealkylation sites (tertiary alicyclic amines) is 2. The number of nitrogens with two attached hydrogens (primary N) is 1. The van der Waals surface area contributed by atoms with Gasteiger partial charge in [-0.1, -0.05) is 0 Å². The van der Waals surface area contributed by atoms with Gasteiger partial charge in [0.25, 0.3) is 5.91 Å².